The SMILES string of the molecule is CC(C)(C)C(=O)N1CCN(C(=O)c2cc3ccccc3[nH]2)CC1. The van der Waals surface area contributed by atoms with Crippen molar-refractivity contribution in [2.75, 3.05) is 26.2 Å². The first-order valence-electron chi connectivity index (χ1n) is 8.03. The molecule has 0 spiro atoms. The Hall–Kier alpha value is -2.30. The van der Waals surface area contributed by atoms with Crippen LogP contribution in [0.2, 0.25) is 0 Å². The number of aromatic amines is 1. The van der Waals surface area contributed by atoms with Crippen molar-refractivity contribution in [2.45, 2.75) is 20.8 Å². The van der Waals surface area contributed by atoms with Crippen molar-refractivity contribution >= 4 is 22.7 Å². The second kappa shape index (κ2) is 5.72. The van der Waals surface area contributed by atoms with Crippen molar-refractivity contribution in [3.05, 3.63) is 36.0 Å². The van der Waals surface area contributed by atoms with E-state index in [4.69, 9.17) is 0 Å². The molecule has 1 N–H and O–H groups in total. The van der Waals surface area contributed by atoms with Gasteiger partial charge in [-0.05, 0) is 12.1 Å². The molecule has 3 rings (SSSR count). The monoisotopic (exact) mass is 313 g/mol. The molecule has 1 aliphatic rings. The van der Waals surface area contributed by atoms with Crippen molar-refractivity contribution in [3.63, 3.8) is 0 Å². The van der Waals surface area contributed by atoms with Gasteiger partial charge in [0.2, 0.25) is 5.91 Å². The van der Waals surface area contributed by atoms with Gasteiger partial charge in [-0.1, -0.05) is 39.0 Å². The molecule has 2 heterocycles. The molecule has 0 saturated carbocycles. The van der Waals surface area contributed by atoms with Crippen LogP contribution in [0, 0.1) is 5.41 Å². The van der Waals surface area contributed by atoms with E-state index in [1.165, 1.54) is 0 Å². The van der Waals surface area contributed by atoms with E-state index in [0.717, 1.165) is 10.9 Å². The number of hydrogen-bond acceptors (Lipinski definition) is 2. The van der Waals surface area contributed by atoms with Crippen LogP contribution < -0.4 is 0 Å². The lowest BCUT2D eigenvalue weighted by molar-refractivity contribution is -0.140. The normalized spacial score (nSPS) is 16.0. The summed E-state index contributed by atoms with van der Waals surface area (Å²) in [7, 11) is 0. The van der Waals surface area contributed by atoms with Crippen molar-refractivity contribution in [2.24, 2.45) is 5.41 Å². The molecule has 0 aliphatic carbocycles. The van der Waals surface area contributed by atoms with E-state index in [1.54, 1.807) is 0 Å². The predicted molar refractivity (Wildman–Crippen MR) is 90.2 cm³/mol. The van der Waals surface area contributed by atoms with Gasteiger partial charge < -0.3 is 14.8 Å². The molecule has 2 amide bonds. The fourth-order valence-corrected chi connectivity index (χ4v) is 2.95. The Morgan fingerprint density at radius 2 is 1.61 bits per heavy atom. The van der Waals surface area contributed by atoms with Crippen LogP contribution in [0.25, 0.3) is 10.9 Å². The smallest absolute Gasteiger partial charge is 0.270 e. The largest absolute Gasteiger partial charge is 0.351 e. The molecule has 5 nitrogen and oxygen atoms in total. The van der Waals surface area contributed by atoms with Crippen LogP contribution in [0.4, 0.5) is 0 Å². The van der Waals surface area contributed by atoms with Crippen LogP contribution >= 0.6 is 0 Å². The molecule has 0 atom stereocenters. The molecule has 0 unspecified atom stereocenters. The van der Waals surface area contributed by atoms with Gasteiger partial charge in [-0.25, -0.2) is 0 Å². The molecule has 1 saturated heterocycles. The van der Waals surface area contributed by atoms with Gasteiger partial charge in [0, 0.05) is 42.5 Å². The summed E-state index contributed by atoms with van der Waals surface area (Å²) in [5.41, 5.74) is 1.21. The number of H-pyrrole nitrogens is 1. The van der Waals surface area contributed by atoms with Crippen LogP contribution in [0.5, 0.6) is 0 Å². The van der Waals surface area contributed by atoms with E-state index < -0.39 is 0 Å². The Morgan fingerprint density at radius 1 is 1.00 bits per heavy atom. The zero-order valence-electron chi connectivity index (χ0n) is 13.9. The zero-order chi connectivity index (χ0) is 16.6. The highest BCUT2D eigenvalue weighted by atomic mass is 16.2. The van der Waals surface area contributed by atoms with Gasteiger partial charge in [0.15, 0.2) is 0 Å². The van der Waals surface area contributed by atoms with E-state index in [2.05, 4.69) is 4.98 Å². The highest BCUT2D eigenvalue weighted by molar-refractivity contribution is 5.98. The number of carbonyl (C=O) groups excluding carboxylic acids is 2. The van der Waals surface area contributed by atoms with Crippen molar-refractivity contribution in [1.82, 2.24) is 14.8 Å². The molecule has 1 fully saturated rings. The van der Waals surface area contributed by atoms with Gasteiger partial charge in [0.05, 0.1) is 0 Å². The Kier molecular flexibility index (Phi) is 3.88. The van der Waals surface area contributed by atoms with Crippen molar-refractivity contribution in [3.8, 4) is 0 Å². The molecule has 122 valence electrons. The Labute approximate surface area is 136 Å². The van der Waals surface area contributed by atoms with E-state index in [1.807, 2.05) is 60.9 Å². The fraction of sp³-hybridized carbons (Fsp3) is 0.444. The van der Waals surface area contributed by atoms with E-state index in [9.17, 15) is 9.59 Å². The minimum atomic E-state index is -0.372. The second-order valence-electron chi connectivity index (χ2n) is 7.10. The number of amides is 2. The first-order chi connectivity index (χ1) is 10.9. The first-order valence-corrected chi connectivity index (χ1v) is 8.03. The number of para-hydroxylation sites is 1. The van der Waals surface area contributed by atoms with E-state index in [-0.39, 0.29) is 17.2 Å². The zero-order valence-corrected chi connectivity index (χ0v) is 13.9. The van der Waals surface area contributed by atoms with Crippen LogP contribution in [0.1, 0.15) is 31.3 Å². The summed E-state index contributed by atoms with van der Waals surface area (Å²) in [6, 6.07) is 9.75. The number of aromatic nitrogens is 1. The number of hydrogen-bond donors (Lipinski definition) is 1. The van der Waals surface area contributed by atoms with Gasteiger partial charge in [-0.2, -0.15) is 0 Å². The summed E-state index contributed by atoms with van der Waals surface area (Å²) >= 11 is 0. The lowest BCUT2D eigenvalue weighted by Crippen LogP contribution is -2.53. The predicted octanol–water partition coefficient (Wildman–Crippen LogP) is 2.50. The molecular formula is C18H23N3O2. The van der Waals surface area contributed by atoms with Crippen molar-refractivity contribution < 1.29 is 9.59 Å². The number of carbonyl (C=O) groups is 2. The first kappa shape index (κ1) is 15.6. The number of rotatable bonds is 1. The highest BCUT2D eigenvalue weighted by Crippen LogP contribution is 2.20. The fourth-order valence-electron chi connectivity index (χ4n) is 2.95. The summed E-state index contributed by atoms with van der Waals surface area (Å²) in [6.45, 7) is 8.14. The van der Waals surface area contributed by atoms with Gasteiger partial charge >= 0.3 is 0 Å². The van der Waals surface area contributed by atoms with E-state index >= 15 is 0 Å². The third-order valence-electron chi connectivity index (χ3n) is 4.26. The second-order valence-corrected chi connectivity index (χ2v) is 7.10. The van der Waals surface area contributed by atoms with Gasteiger partial charge in [-0.3, -0.25) is 9.59 Å². The highest BCUT2D eigenvalue weighted by Gasteiger charge is 2.31. The maximum atomic E-state index is 12.6. The molecule has 23 heavy (non-hydrogen) atoms. The van der Waals surface area contributed by atoms with Crippen LogP contribution in [-0.4, -0.2) is 52.8 Å². The standard InChI is InChI=1S/C18H23N3O2/c1-18(2,3)17(23)21-10-8-20(9-11-21)16(22)15-12-13-6-4-5-7-14(13)19-15/h4-7,12,19H,8-11H2,1-3H3. The average molecular weight is 313 g/mol. The van der Waals surface area contributed by atoms with E-state index in [0.29, 0.717) is 31.9 Å². The summed E-state index contributed by atoms with van der Waals surface area (Å²) < 4.78 is 0. The summed E-state index contributed by atoms with van der Waals surface area (Å²) in [5, 5.41) is 1.04. The molecule has 0 radical (unpaired) electrons. The van der Waals surface area contributed by atoms with Crippen LogP contribution in [0.15, 0.2) is 30.3 Å². The number of fused-ring (bicyclic) bond motifs is 1. The molecule has 5 heteroatoms. The topological polar surface area (TPSA) is 56.4 Å². The Morgan fingerprint density at radius 3 is 2.22 bits per heavy atom. The maximum absolute atomic E-state index is 12.6. The van der Waals surface area contributed by atoms with Crippen LogP contribution in [0.3, 0.4) is 0 Å². The summed E-state index contributed by atoms with van der Waals surface area (Å²) in [5.74, 6) is 0.152. The molecule has 2 aromatic rings. The molecule has 0 bridgehead atoms. The maximum Gasteiger partial charge on any atom is 0.270 e. The third kappa shape index (κ3) is 3.09. The Bertz CT molecular complexity index is 701. The van der Waals surface area contributed by atoms with Crippen LogP contribution in [-0.2, 0) is 4.79 Å². The lowest BCUT2D eigenvalue weighted by atomic mass is 9.94. The number of piperazine rings is 1. The van der Waals surface area contributed by atoms with Gasteiger partial charge in [0.25, 0.3) is 5.91 Å². The van der Waals surface area contributed by atoms with Gasteiger partial charge in [0.1, 0.15) is 5.69 Å². The third-order valence-corrected chi connectivity index (χ3v) is 4.26. The minimum Gasteiger partial charge on any atom is -0.351 e. The summed E-state index contributed by atoms with van der Waals surface area (Å²) in [6.07, 6.45) is 0. The quantitative estimate of drug-likeness (QED) is 0.879. The molecule has 1 aliphatic heterocycles. The minimum absolute atomic E-state index is 0.00376. The molecule has 1 aromatic carbocycles. The number of benzene rings is 1. The van der Waals surface area contributed by atoms with Crippen molar-refractivity contribution in [1.29, 1.82) is 0 Å². The molecular weight excluding hydrogens is 290 g/mol. The number of nitrogens with zero attached hydrogens (tertiary/aromatic N) is 2. The lowest BCUT2D eigenvalue weighted by Gasteiger charge is -2.37. The molecule has 1 aromatic heterocycles. The van der Waals surface area contributed by atoms with Gasteiger partial charge in [-0.15, -0.1) is 0 Å². The average Bonchev–Trinajstić information content (AvgIpc) is 2.96. The number of nitrogens with one attached hydrogen (secondary N) is 1. The Balaban J connectivity index is 1.67. The summed E-state index contributed by atoms with van der Waals surface area (Å²) in [4.78, 5) is 31.8.